The molecular weight excluding hydrogens is 407 g/mol. The summed E-state index contributed by atoms with van der Waals surface area (Å²) < 4.78 is 68.7. The van der Waals surface area contributed by atoms with Crippen LogP contribution in [0.2, 0.25) is 0 Å². The van der Waals surface area contributed by atoms with E-state index in [-0.39, 0.29) is 18.0 Å². The molecule has 6 nitrogen and oxygen atoms in total. The number of anilines is 1. The number of hydrogen-bond acceptors (Lipinski definition) is 5. The molecule has 4 rings (SSSR count). The number of hydrogen-bond donors (Lipinski definition) is 1. The van der Waals surface area contributed by atoms with Crippen LogP contribution in [0.1, 0.15) is 11.1 Å². The van der Waals surface area contributed by atoms with Crippen molar-refractivity contribution in [3.63, 3.8) is 0 Å². The van der Waals surface area contributed by atoms with Gasteiger partial charge in [0.15, 0.2) is 0 Å². The average Bonchev–Trinajstić information content (AvgIpc) is 3.13. The number of nitrogens with one attached hydrogen (secondary N) is 1. The Morgan fingerprint density at radius 1 is 1.00 bits per heavy atom. The molecule has 2 aliphatic heterocycles. The first-order valence-corrected chi connectivity index (χ1v) is 10.6. The molecule has 1 fully saturated rings. The Labute approximate surface area is 166 Å². The molecule has 156 valence electrons. The van der Waals surface area contributed by atoms with Gasteiger partial charge in [-0.05, 0) is 29.3 Å². The maximum absolute atomic E-state index is 13.1. The second-order valence-electron chi connectivity index (χ2n) is 6.95. The molecule has 1 N–H and O–H groups in total. The van der Waals surface area contributed by atoms with Crippen LogP contribution in [0.5, 0.6) is 5.75 Å². The SMILES string of the molecule is O=S(=O)(c1cccc(OC(F)(F)F)c1)N1Cc2cccc(N3CCNCC3)c2C1. The van der Waals surface area contributed by atoms with Crippen molar-refractivity contribution in [2.24, 2.45) is 0 Å². The highest BCUT2D eigenvalue weighted by Gasteiger charge is 2.35. The number of halogens is 3. The van der Waals surface area contributed by atoms with Gasteiger partial charge in [-0.25, -0.2) is 8.42 Å². The molecule has 2 aromatic rings. The van der Waals surface area contributed by atoms with E-state index < -0.39 is 22.1 Å². The highest BCUT2D eigenvalue weighted by Crippen LogP contribution is 2.35. The Hall–Kier alpha value is -2.30. The minimum absolute atomic E-state index is 0.182. The number of nitrogens with zero attached hydrogens (tertiary/aromatic N) is 2. The van der Waals surface area contributed by atoms with Gasteiger partial charge in [-0.3, -0.25) is 0 Å². The molecule has 0 saturated carbocycles. The maximum Gasteiger partial charge on any atom is 0.573 e. The van der Waals surface area contributed by atoms with Crippen molar-refractivity contribution in [3.05, 3.63) is 53.6 Å². The van der Waals surface area contributed by atoms with Crippen molar-refractivity contribution in [1.29, 1.82) is 0 Å². The largest absolute Gasteiger partial charge is 0.573 e. The zero-order chi connectivity index (χ0) is 20.6. The molecule has 0 bridgehead atoms. The van der Waals surface area contributed by atoms with Crippen molar-refractivity contribution in [2.75, 3.05) is 31.1 Å². The molecule has 0 unspecified atom stereocenters. The fraction of sp³-hybridized carbons (Fsp3) is 0.368. The molecule has 2 heterocycles. The molecule has 2 aromatic carbocycles. The number of ether oxygens (including phenoxy) is 1. The topological polar surface area (TPSA) is 61.9 Å². The van der Waals surface area contributed by atoms with Crippen LogP contribution in [0.3, 0.4) is 0 Å². The van der Waals surface area contributed by atoms with Gasteiger partial charge in [0.05, 0.1) is 4.90 Å². The van der Waals surface area contributed by atoms with Gasteiger partial charge in [0.2, 0.25) is 10.0 Å². The molecule has 0 atom stereocenters. The normalized spacial score (nSPS) is 18.0. The van der Waals surface area contributed by atoms with E-state index in [1.165, 1.54) is 16.4 Å². The van der Waals surface area contributed by atoms with E-state index in [0.29, 0.717) is 0 Å². The predicted molar refractivity (Wildman–Crippen MR) is 101 cm³/mol. The van der Waals surface area contributed by atoms with Crippen LogP contribution in [0.25, 0.3) is 0 Å². The second kappa shape index (κ2) is 7.51. The van der Waals surface area contributed by atoms with Crippen LogP contribution in [0.4, 0.5) is 18.9 Å². The molecular formula is C19H20F3N3O3S. The van der Waals surface area contributed by atoms with Crippen molar-refractivity contribution < 1.29 is 26.3 Å². The summed E-state index contributed by atoms with van der Waals surface area (Å²) in [6, 6.07) is 10.3. The minimum Gasteiger partial charge on any atom is -0.406 e. The van der Waals surface area contributed by atoms with Gasteiger partial charge < -0.3 is 15.0 Å². The van der Waals surface area contributed by atoms with E-state index in [1.807, 2.05) is 18.2 Å². The fourth-order valence-electron chi connectivity index (χ4n) is 3.73. The van der Waals surface area contributed by atoms with E-state index in [4.69, 9.17) is 0 Å². The van der Waals surface area contributed by atoms with Gasteiger partial charge in [0.1, 0.15) is 5.75 Å². The summed E-state index contributed by atoms with van der Waals surface area (Å²) in [6.07, 6.45) is -4.88. The van der Waals surface area contributed by atoms with Crippen molar-refractivity contribution >= 4 is 15.7 Å². The number of alkyl halides is 3. The van der Waals surface area contributed by atoms with E-state index >= 15 is 0 Å². The van der Waals surface area contributed by atoms with E-state index in [1.54, 1.807) is 0 Å². The van der Waals surface area contributed by atoms with Gasteiger partial charge in [-0.2, -0.15) is 4.31 Å². The number of piperazine rings is 1. The third-order valence-corrected chi connectivity index (χ3v) is 6.85. The average molecular weight is 427 g/mol. The van der Waals surface area contributed by atoms with Crippen LogP contribution >= 0.6 is 0 Å². The Bertz CT molecular complexity index is 1010. The van der Waals surface area contributed by atoms with Gasteiger partial charge in [-0.1, -0.05) is 18.2 Å². The molecule has 0 radical (unpaired) electrons. The fourth-order valence-corrected chi connectivity index (χ4v) is 5.15. The summed E-state index contributed by atoms with van der Waals surface area (Å²) in [4.78, 5) is 2.00. The number of benzene rings is 2. The van der Waals surface area contributed by atoms with Crippen LogP contribution < -0.4 is 15.0 Å². The van der Waals surface area contributed by atoms with Gasteiger partial charge >= 0.3 is 6.36 Å². The molecule has 0 aliphatic carbocycles. The van der Waals surface area contributed by atoms with Crippen molar-refractivity contribution in [1.82, 2.24) is 9.62 Å². The first-order chi connectivity index (χ1) is 13.7. The van der Waals surface area contributed by atoms with Crippen LogP contribution in [0.15, 0.2) is 47.4 Å². The minimum atomic E-state index is -4.88. The summed E-state index contributed by atoms with van der Waals surface area (Å²) in [5.74, 6) is -0.559. The summed E-state index contributed by atoms with van der Waals surface area (Å²) >= 11 is 0. The monoisotopic (exact) mass is 427 g/mol. The summed E-state index contributed by atoms with van der Waals surface area (Å²) in [5, 5.41) is 3.29. The number of fused-ring (bicyclic) bond motifs is 1. The predicted octanol–water partition coefficient (Wildman–Crippen LogP) is 2.70. The summed E-state index contributed by atoms with van der Waals surface area (Å²) in [6.45, 7) is 3.75. The Morgan fingerprint density at radius 2 is 1.72 bits per heavy atom. The van der Waals surface area contributed by atoms with E-state index in [9.17, 15) is 21.6 Å². The number of sulfonamides is 1. The molecule has 0 aromatic heterocycles. The third-order valence-electron chi connectivity index (χ3n) is 5.06. The highest BCUT2D eigenvalue weighted by molar-refractivity contribution is 7.89. The summed E-state index contributed by atoms with van der Waals surface area (Å²) in [5.41, 5.74) is 2.86. The first-order valence-electron chi connectivity index (χ1n) is 9.16. The lowest BCUT2D eigenvalue weighted by Gasteiger charge is -2.31. The Morgan fingerprint density at radius 3 is 2.45 bits per heavy atom. The van der Waals surface area contributed by atoms with Crippen LogP contribution in [0, 0.1) is 0 Å². The maximum atomic E-state index is 13.1. The zero-order valence-corrected chi connectivity index (χ0v) is 16.3. The third kappa shape index (κ3) is 4.19. The van der Waals surface area contributed by atoms with E-state index in [2.05, 4.69) is 15.0 Å². The lowest BCUT2D eigenvalue weighted by atomic mass is 10.1. The number of rotatable bonds is 4. The Balaban J connectivity index is 1.60. The molecule has 1 saturated heterocycles. The molecule has 29 heavy (non-hydrogen) atoms. The molecule has 0 amide bonds. The quantitative estimate of drug-likeness (QED) is 0.813. The van der Waals surface area contributed by atoms with Crippen molar-refractivity contribution in [2.45, 2.75) is 24.3 Å². The van der Waals surface area contributed by atoms with Gasteiger partial charge in [0, 0.05) is 51.0 Å². The standard InChI is InChI=1S/C19H20F3N3O3S/c20-19(21,22)28-15-4-2-5-16(11-15)29(26,27)25-12-14-3-1-6-18(17(14)13-25)24-9-7-23-8-10-24/h1-6,11,23H,7-10,12-13H2. The summed E-state index contributed by atoms with van der Waals surface area (Å²) in [7, 11) is -3.98. The van der Waals surface area contributed by atoms with Crippen LogP contribution in [-0.4, -0.2) is 45.3 Å². The van der Waals surface area contributed by atoms with Gasteiger partial charge in [-0.15, -0.1) is 13.2 Å². The molecule has 0 spiro atoms. The smallest absolute Gasteiger partial charge is 0.406 e. The lowest BCUT2D eigenvalue weighted by Crippen LogP contribution is -2.43. The second-order valence-corrected chi connectivity index (χ2v) is 8.89. The zero-order valence-electron chi connectivity index (χ0n) is 15.4. The molecule has 2 aliphatic rings. The van der Waals surface area contributed by atoms with E-state index in [0.717, 1.165) is 55.1 Å². The molecule has 10 heteroatoms. The van der Waals surface area contributed by atoms with Crippen LogP contribution in [-0.2, 0) is 23.1 Å². The lowest BCUT2D eigenvalue weighted by molar-refractivity contribution is -0.274. The highest BCUT2D eigenvalue weighted by atomic mass is 32.2. The van der Waals surface area contributed by atoms with Gasteiger partial charge in [0.25, 0.3) is 0 Å². The van der Waals surface area contributed by atoms with Crippen molar-refractivity contribution in [3.8, 4) is 5.75 Å². The Kier molecular flexibility index (Phi) is 5.18. The first kappa shape index (κ1) is 20.0.